The Labute approximate surface area is 119 Å². The average molecular weight is 275 g/mol. The Bertz CT molecular complexity index is 989. The third kappa shape index (κ3) is 1.65. The van der Waals surface area contributed by atoms with E-state index in [0.717, 1.165) is 10.9 Å². The Morgan fingerprint density at radius 3 is 2.95 bits per heavy atom. The van der Waals surface area contributed by atoms with Crippen LogP contribution in [0.1, 0.15) is 0 Å². The lowest BCUT2D eigenvalue weighted by molar-refractivity contribution is 0.460. The van der Waals surface area contributed by atoms with Crippen LogP contribution in [0.4, 0.5) is 5.69 Å². The van der Waals surface area contributed by atoms with Gasteiger partial charge in [-0.3, -0.25) is 0 Å². The molecule has 0 radical (unpaired) electrons. The van der Waals surface area contributed by atoms with Gasteiger partial charge in [0.05, 0.1) is 12.1 Å². The van der Waals surface area contributed by atoms with E-state index < -0.39 is 0 Å². The van der Waals surface area contributed by atoms with Crippen molar-refractivity contribution in [2.24, 2.45) is 0 Å². The van der Waals surface area contributed by atoms with E-state index in [2.05, 4.69) is 19.9 Å². The van der Waals surface area contributed by atoms with Crippen molar-refractivity contribution in [3.8, 4) is 17.3 Å². The molecule has 0 saturated carbocycles. The summed E-state index contributed by atoms with van der Waals surface area (Å²) in [4.78, 5) is 10.7. The van der Waals surface area contributed by atoms with Gasteiger partial charge < -0.3 is 10.1 Å². The molecule has 0 atom stereocenters. The summed E-state index contributed by atoms with van der Waals surface area (Å²) in [6, 6.07) is 10.8. The molecule has 2 N–H and O–H groups in total. The van der Waals surface area contributed by atoms with Gasteiger partial charge >= 0.3 is 0 Å². The molecular weight excluding hydrogens is 266 g/mol. The first-order chi connectivity index (χ1) is 10.3. The van der Waals surface area contributed by atoms with E-state index in [1.165, 1.54) is 0 Å². The molecule has 4 rings (SSSR count). The third-order valence-electron chi connectivity index (χ3n) is 3.36. The van der Waals surface area contributed by atoms with E-state index >= 15 is 0 Å². The van der Waals surface area contributed by atoms with Crippen LogP contribution in [-0.4, -0.2) is 24.7 Å². The van der Waals surface area contributed by atoms with E-state index in [9.17, 15) is 5.11 Å². The van der Waals surface area contributed by atoms with Gasteiger partial charge in [-0.05, 0) is 24.3 Å². The maximum atomic E-state index is 10.2. The van der Waals surface area contributed by atoms with Crippen LogP contribution < -0.4 is 0 Å². The highest BCUT2D eigenvalue weighted by Crippen LogP contribution is 2.36. The number of nitrogens with one attached hydrogen (secondary N) is 1. The molecule has 0 bridgehead atoms. The largest absolute Gasteiger partial charge is 0.494 e. The normalized spacial score (nSPS) is 11.0. The molecule has 3 heterocycles. The van der Waals surface area contributed by atoms with Crippen LogP contribution in [-0.2, 0) is 0 Å². The first-order valence-corrected chi connectivity index (χ1v) is 6.30. The summed E-state index contributed by atoms with van der Waals surface area (Å²) in [5, 5.41) is 15.3. The summed E-state index contributed by atoms with van der Waals surface area (Å²) in [6.07, 6.45) is 1.79. The first-order valence-electron chi connectivity index (χ1n) is 6.30. The number of nitrogens with zero attached hydrogens (tertiary/aromatic N) is 4. The van der Waals surface area contributed by atoms with E-state index in [1.807, 2.05) is 18.2 Å². The zero-order chi connectivity index (χ0) is 14.4. The van der Waals surface area contributed by atoms with Gasteiger partial charge in [0.25, 0.3) is 0 Å². The van der Waals surface area contributed by atoms with E-state index in [4.69, 9.17) is 6.57 Å². The van der Waals surface area contributed by atoms with Crippen LogP contribution in [0.25, 0.3) is 32.8 Å². The molecule has 21 heavy (non-hydrogen) atoms. The summed E-state index contributed by atoms with van der Waals surface area (Å²) in [5.41, 5.74) is 2.46. The molecule has 0 unspecified atom stereocenters. The summed E-state index contributed by atoms with van der Waals surface area (Å²) >= 11 is 0. The Morgan fingerprint density at radius 1 is 1.24 bits per heavy atom. The number of hydrogen-bond donors (Lipinski definition) is 2. The van der Waals surface area contributed by atoms with Crippen molar-refractivity contribution in [2.45, 2.75) is 0 Å². The smallest absolute Gasteiger partial charge is 0.200 e. The van der Waals surface area contributed by atoms with Gasteiger partial charge in [-0.25, -0.2) is 14.3 Å². The quantitative estimate of drug-likeness (QED) is 0.524. The van der Waals surface area contributed by atoms with Crippen LogP contribution in [0.3, 0.4) is 0 Å². The zero-order valence-electron chi connectivity index (χ0n) is 10.8. The molecule has 4 aromatic rings. The molecule has 1 aromatic carbocycles. The second-order valence-corrected chi connectivity index (χ2v) is 4.63. The third-order valence-corrected chi connectivity index (χ3v) is 3.36. The molecule has 0 aliphatic carbocycles. The van der Waals surface area contributed by atoms with Crippen molar-refractivity contribution in [1.29, 1.82) is 0 Å². The Morgan fingerprint density at radius 2 is 2.14 bits per heavy atom. The van der Waals surface area contributed by atoms with E-state index in [-0.39, 0.29) is 5.88 Å². The van der Waals surface area contributed by atoms with Crippen molar-refractivity contribution in [2.75, 3.05) is 0 Å². The molecule has 6 heteroatoms. The minimum absolute atomic E-state index is 0.00281. The van der Waals surface area contributed by atoms with Crippen molar-refractivity contribution in [1.82, 2.24) is 19.6 Å². The van der Waals surface area contributed by atoms with Gasteiger partial charge in [0.2, 0.25) is 5.88 Å². The number of benzene rings is 1. The van der Waals surface area contributed by atoms with Gasteiger partial charge in [-0.2, -0.15) is 0 Å². The van der Waals surface area contributed by atoms with E-state index in [0.29, 0.717) is 22.7 Å². The second kappa shape index (κ2) is 4.08. The number of fused-ring (bicyclic) bond motifs is 2. The summed E-state index contributed by atoms with van der Waals surface area (Å²) < 4.78 is 1.65. The number of hydrogen-bond acceptors (Lipinski definition) is 3. The molecule has 0 spiro atoms. The fourth-order valence-corrected chi connectivity index (χ4v) is 2.40. The Hall–Kier alpha value is -3.33. The monoisotopic (exact) mass is 275 g/mol. The summed E-state index contributed by atoms with van der Waals surface area (Å²) in [5.74, 6) is 0.426. The number of aromatic amines is 1. The highest BCUT2D eigenvalue weighted by Gasteiger charge is 2.17. The Kier molecular flexibility index (Phi) is 2.23. The van der Waals surface area contributed by atoms with Crippen LogP contribution in [0.5, 0.6) is 5.88 Å². The molecule has 6 nitrogen and oxygen atoms in total. The molecule has 100 valence electrons. The van der Waals surface area contributed by atoms with Crippen molar-refractivity contribution in [3.05, 3.63) is 54.0 Å². The van der Waals surface area contributed by atoms with Gasteiger partial charge in [-0.1, -0.05) is 12.1 Å². The number of aromatic nitrogens is 4. The minimum Gasteiger partial charge on any atom is -0.494 e. The van der Waals surface area contributed by atoms with E-state index in [1.54, 1.807) is 28.9 Å². The Balaban J connectivity index is 2.04. The molecule has 0 fully saturated rings. The van der Waals surface area contributed by atoms with Gasteiger partial charge in [0.15, 0.2) is 17.2 Å². The summed E-state index contributed by atoms with van der Waals surface area (Å²) in [7, 11) is 0. The summed E-state index contributed by atoms with van der Waals surface area (Å²) in [6.45, 7) is 7.11. The fraction of sp³-hybridized carbons (Fsp3) is 0. The van der Waals surface area contributed by atoms with Crippen LogP contribution in [0.2, 0.25) is 0 Å². The molecular formula is C15H9N5O. The van der Waals surface area contributed by atoms with Gasteiger partial charge in [0.1, 0.15) is 0 Å². The number of aromatic hydroxyl groups is 1. The number of H-pyrrole nitrogens is 1. The highest BCUT2D eigenvalue weighted by atomic mass is 16.3. The SMILES string of the molecule is [C-]#[N+]c1ccc2[nH]c(O)c(-c3nc4ccccn4n3)c2c1. The molecule has 0 saturated heterocycles. The molecule has 3 aromatic heterocycles. The highest BCUT2D eigenvalue weighted by molar-refractivity contribution is 5.99. The second-order valence-electron chi connectivity index (χ2n) is 4.63. The lowest BCUT2D eigenvalue weighted by atomic mass is 10.1. The lowest BCUT2D eigenvalue weighted by Gasteiger charge is -1.94. The maximum Gasteiger partial charge on any atom is 0.200 e. The lowest BCUT2D eigenvalue weighted by Crippen LogP contribution is -1.84. The predicted octanol–water partition coefficient (Wildman–Crippen LogP) is 3.13. The van der Waals surface area contributed by atoms with Crippen molar-refractivity contribution < 1.29 is 5.11 Å². The fourth-order valence-electron chi connectivity index (χ4n) is 2.40. The predicted molar refractivity (Wildman–Crippen MR) is 78.2 cm³/mol. The van der Waals surface area contributed by atoms with Crippen LogP contribution >= 0.6 is 0 Å². The minimum atomic E-state index is 0.00281. The van der Waals surface area contributed by atoms with Crippen LogP contribution in [0, 0.1) is 6.57 Å². The van der Waals surface area contributed by atoms with Gasteiger partial charge in [0, 0.05) is 17.1 Å². The topological polar surface area (TPSA) is 70.6 Å². The van der Waals surface area contributed by atoms with Crippen LogP contribution in [0.15, 0.2) is 42.6 Å². The average Bonchev–Trinajstić information content (AvgIpc) is 3.05. The molecule has 0 amide bonds. The van der Waals surface area contributed by atoms with Crippen molar-refractivity contribution in [3.63, 3.8) is 0 Å². The maximum absolute atomic E-state index is 10.2. The first kappa shape index (κ1) is 11.5. The molecule has 0 aliphatic heterocycles. The zero-order valence-corrected chi connectivity index (χ0v) is 10.8. The number of pyridine rings is 1. The van der Waals surface area contributed by atoms with Crippen molar-refractivity contribution >= 4 is 22.2 Å². The standard InChI is InChI=1S/C15H9N5O/c1-16-9-5-6-11-10(8-9)13(15(21)17-11)14-18-12-4-2-3-7-20(12)19-14/h2-8,17,21H. The number of rotatable bonds is 1. The molecule has 0 aliphatic rings. The van der Waals surface area contributed by atoms with Gasteiger partial charge in [-0.15, -0.1) is 5.10 Å².